The molecular formula is C20H24BrN3O. The van der Waals surface area contributed by atoms with Crippen LogP contribution in [-0.4, -0.2) is 12.5 Å². The lowest BCUT2D eigenvalue weighted by Crippen LogP contribution is -2.34. The van der Waals surface area contributed by atoms with Crippen molar-refractivity contribution in [2.75, 3.05) is 6.54 Å². The number of hydrazine groups is 1. The highest BCUT2D eigenvalue weighted by Crippen LogP contribution is 2.27. The van der Waals surface area contributed by atoms with Crippen molar-refractivity contribution in [3.8, 4) is 0 Å². The normalized spacial score (nSPS) is 20.0. The molecular weight excluding hydrogens is 378 g/mol. The molecule has 0 radical (unpaired) electrons. The molecule has 25 heavy (non-hydrogen) atoms. The van der Waals surface area contributed by atoms with Crippen LogP contribution in [0.5, 0.6) is 0 Å². The molecule has 1 fully saturated rings. The van der Waals surface area contributed by atoms with Gasteiger partial charge in [0.15, 0.2) is 0 Å². The Kier molecular flexibility index (Phi) is 5.89. The summed E-state index contributed by atoms with van der Waals surface area (Å²) in [6.45, 7) is 5.53. The van der Waals surface area contributed by atoms with E-state index in [0.29, 0.717) is 19.0 Å². The molecule has 1 heterocycles. The Hall–Kier alpha value is -1.69. The maximum atomic E-state index is 12.7. The minimum Gasteiger partial charge on any atom is -0.352 e. The third-order valence-corrected chi connectivity index (χ3v) is 5.13. The summed E-state index contributed by atoms with van der Waals surface area (Å²) in [4.78, 5) is 12.7. The molecule has 1 saturated heterocycles. The number of rotatable bonds is 5. The number of carbonyl (C=O) groups excluding carboxylic acids is 1. The van der Waals surface area contributed by atoms with Crippen molar-refractivity contribution in [2.45, 2.75) is 32.4 Å². The molecule has 2 unspecified atom stereocenters. The van der Waals surface area contributed by atoms with Crippen LogP contribution < -0.4 is 16.2 Å². The SMILES string of the molecule is CC(C)c1ccc(CNC(=O)C2CNNC2c2cccc(Br)c2)cc1. The molecule has 1 aliphatic rings. The van der Waals surface area contributed by atoms with Crippen LogP contribution in [0, 0.1) is 5.92 Å². The summed E-state index contributed by atoms with van der Waals surface area (Å²) in [5.74, 6) is 0.449. The molecule has 0 spiro atoms. The van der Waals surface area contributed by atoms with Gasteiger partial charge < -0.3 is 5.32 Å². The predicted molar refractivity (Wildman–Crippen MR) is 104 cm³/mol. The van der Waals surface area contributed by atoms with Gasteiger partial charge in [-0.2, -0.15) is 0 Å². The van der Waals surface area contributed by atoms with Crippen LogP contribution >= 0.6 is 15.9 Å². The van der Waals surface area contributed by atoms with Gasteiger partial charge in [0, 0.05) is 17.6 Å². The van der Waals surface area contributed by atoms with Crippen LogP contribution in [0.4, 0.5) is 0 Å². The topological polar surface area (TPSA) is 53.2 Å². The Morgan fingerprint density at radius 3 is 2.68 bits per heavy atom. The van der Waals surface area contributed by atoms with Gasteiger partial charge in [0.25, 0.3) is 0 Å². The van der Waals surface area contributed by atoms with Gasteiger partial charge >= 0.3 is 0 Å². The first kappa shape index (κ1) is 18.1. The summed E-state index contributed by atoms with van der Waals surface area (Å²) < 4.78 is 1.02. The summed E-state index contributed by atoms with van der Waals surface area (Å²) in [5.41, 5.74) is 9.86. The highest BCUT2D eigenvalue weighted by Gasteiger charge is 2.33. The Morgan fingerprint density at radius 1 is 1.24 bits per heavy atom. The zero-order valence-corrected chi connectivity index (χ0v) is 16.1. The van der Waals surface area contributed by atoms with Gasteiger partial charge in [-0.3, -0.25) is 10.2 Å². The van der Waals surface area contributed by atoms with Crippen LogP contribution in [0.1, 0.15) is 42.5 Å². The monoisotopic (exact) mass is 401 g/mol. The highest BCUT2D eigenvalue weighted by molar-refractivity contribution is 9.10. The van der Waals surface area contributed by atoms with E-state index in [4.69, 9.17) is 0 Å². The number of hydrogen-bond acceptors (Lipinski definition) is 3. The average molecular weight is 402 g/mol. The zero-order chi connectivity index (χ0) is 17.8. The molecule has 0 aliphatic carbocycles. The minimum atomic E-state index is -0.135. The minimum absolute atomic E-state index is 0.0270. The van der Waals surface area contributed by atoms with E-state index in [2.05, 4.69) is 76.3 Å². The van der Waals surface area contributed by atoms with Crippen LogP contribution in [-0.2, 0) is 11.3 Å². The molecule has 0 saturated carbocycles. The van der Waals surface area contributed by atoms with Crippen molar-refractivity contribution in [3.05, 3.63) is 69.7 Å². The number of benzene rings is 2. The molecule has 4 nitrogen and oxygen atoms in total. The Bertz CT molecular complexity index is 730. The largest absolute Gasteiger partial charge is 0.352 e. The van der Waals surface area contributed by atoms with Crippen molar-refractivity contribution < 1.29 is 4.79 Å². The second-order valence-electron chi connectivity index (χ2n) is 6.78. The quantitative estimate of drug-likeness (QED) is 0.716. The van der Waals surface area contributed by atoms with Gasteiger partial charge in [-0.05, 0) is 34.7 Å². The van der Waals surface area contributed by atoms with E-state index in [0.717, 1.165) is 15.6 Å². The van der Waals surface area contributed by atoms with Crippen molar-refractivity contribution in [1.82, 2.24) is 16.2 Å². The molecule has 2 aromatic rings. The molecule has 3 rings (SSSR count). The first-order valence-electron chi connectivity index (χ1n) is 8.65. The molecule has 3 N–H and O–H groups in total. The lowest BCUT2D eigenvalue weighted by atomic mass is 9.94. The van der Waals surface area contributed by atoms with Crippen molar-refractivity contribution >= 4 is 21.8 Å². The van der Waals surface area contributed by atoms with E-state index < -0.39 is 0 Å². The fourth-order valence-corrected chi connectivity index (χ4v) is 3.51. The molecule has 0 bridgehead atoms. The fraction of sp³-hybridized carbons (Fsp3) is 0.350. The fourth-order valence-electron chi connectivity index (χ4n) is 3.10. The molecule has 1 aliphatic heterocycles. The first-order chi connectivity index (χ1) is 12.0. The third-order valence-electron chi connectivity index (χ3n) is 4.64. The highest BCUT2D eigenvalue weighted by atomic mass is 79.9. The van der Waals surface area contributed by atoms with Gasteiger partial charge in [-0.25, -0.2) is 5.43 Å². The van der Waals surface area contributed by atoms with E-state index in [9.17, 15) is 4.79 Å². The van der Waals surface area contributed by atoms with Gasteiger partial charge in [-0.1, -0.05) is 66.2 Å². The number of nitrogens with one attached hydrogen (secondary N) is 3. The van der Waals surface area contributed by atoms with E-state index in [1.165, 1.54) is 5.56 Å². The molecule has 2 atom stereocenters. The Morgan fingerprint density at radius 2 is 2.00 bits per heavy atom. The Labute approximate surface area is 157 Å². The van der Waals surface area contributed by atoms with Crippen LogP contribution in [0.3, 0.4) is 0 Å². The lowest BCUT2D eigenvalue weighted by molar-refractivity contribution is -0.125. The molecule has 5 heteroatoms. The van der Waals surface area contributed by atoms with Gasteiger partial charge in [0.1, 0.15) is 0 Å². The zero-order valence-electron chi connectivity index (χ0n) is 14.6. The smallest absolute Gasteiger partial charge is 0.226 e. The van der Waals surface area contributed by atoms with E-state index in [-0.39, 0.29) is 17.9 Å². The Balaban J connectivity index is 1.62. The van der Waals surface area contributed by atoms with Crippen molar-refractivity contribution in [1.29, 1.82) is 0 Å². The van der Waals surface area contributed by atoms with Gasteiger partial charge in [0.2, 0.25) is 5.91 Å². The molecule has 1 amide bonds. The summed E-state index contributed by atoms with van der Waals surface area (Å²) in [7, 11) is 0. The molecule has 132 valence electrons. The van der Waals surface area contributed by atoms with E-state index in [1.807, 2.05) is 18.2 Å². The van der Waals surface area contributed by atoms with Crippen molar-refractivity contribution in [2.24, 2.45) is 5.92 Å². The van der Waals surface area contributed by atoms with E-state index >= 15 is 0 Å². The summed E-state index contributed by atoms with van der Waals surface area (Å²) in [5, 5.41) is 3.07. The summed E-state index contributed by atoms with van der Waals surface area (Å²) >= 11 is 3.49. The average Bonchev–Trinajstić information content (AvgIpc) is 3.10. The van der Waals surface area contributed by atoms with Crippen molar-refractivity contribution in [3.63, 3.8) is 0 Å². The predicted octanol–water partition coefficient (Wildman–Crippen LogP) is 3.65. The summed E-state index contributed by atoms with van der Waals surface area (Å²) in [6, 6.07) is 16.5. The molecule has 2 aromatic carbocycles. The van der Waals surface area contributed by atoms with Crippen LogP contribution in [0.25, 0.3) is 0 Å². The number of carbonyl (C=O) groups is 1. The number of amides is 1. The number of hydrogen-bond donors (Lipinski definition) is 3. The van der Waals surface area contributed by atoms with Crippen LogP contribution in [0.15, 0.2) is 53.0 Å². The summed E-state index contributed by atoms with van der Waals surface area (Å²) in [6.07, 6.45) is 0. The van der Waals surface area contributed by atoms with Gasteiger partial charge in [0.05, 0.1) is 12.0 Å². The second kappa shape index (κ2) is 8.13. The maximum absolute atomic E-state index is 12.7. The van der Waals surface area contributed by atoms with Crippen LogP contribution in [0.2, 0.25) is 0 Å². The number of halogens is 1. The standard InChI is InChI=1S/C20H24BrN3O/c1-13(2)15-8-6-14(7-9-15)11-22-20(25)18-12-23-24-19(18)16-4-3-5-17(21)10-16/h3-10,13,18-19,23-24H,11-12H2,1-2H3,(H,22,25). The first-order valence-corrected chi connectivity index (χ1v) is 9.44. The van der Waals surface area contributed by atoms with Gasteiger partial charge in [-0.15, -0.1) is 0 Å². The second-order valence-corrected chi connectivity index (χ2v) is 7.69. The molecule has 0 aromatic heterocycles. The van der Waals surface area contributed by atoms with E-state index in [1.54, 1.807) is 0 Å². The maximum Gasteiger partial charge on any atom is 0.226 e. The lowest BCUT2D eigenvalue weighted by Gasteiger charge is -2.19. The third kappa shape index (κ3) is 4.48.